The normalized spacial score (nSPS) is 21.0. The number of anilines is 3. The number of carbonyl (C=O) groups excluding carboxylic acids is 2. The second-order valence-electron chi connectivity index (χ2n) is 5.25. The number of esters is 1. The van der Waals surface area contributed by atoms with E-state index in [1.807, 2.05) is 0 Å². The number of fused-ring (bicyclic) bond motifs is 2. The van der Waals surface area contributed by atoms with Gasteiger partial charge in [-0.2, -0.15) is 5.10 Å². The minimum absolute atomic E-state index is 0.232. The predicted octanol–water partition coefficient (Wildman–Crippen LogP) is 0.940. The second kappa shape index (κ2) is 4.97. The van der Waals surface area contributed by atoms with Gasteiger partial charge in [0, 0.05) is 11.3 Å². The van der Waals surface area contributed by atoms with E-state index in [2.05, 4.69) is 31.1 Å². The van der Waals surface area contributed by atoms with Crippen molar-refractivity contribution in [1.29, 1.82) is 0 Å². The molecule has 2 aliphatic rings. The van der Waals surface area contributed by atoms with Crippen molar-refractivity contribution >= 4 is 28.9 Å². The molecule has 3 heterocycles. The molecule has 23 heavy (non-hydrogen) atoms. The highest BCUT2D eigenvalue weighted by molar-refractivity contribution is 6.15. The molecule has 2 aliphatic heterocycles. The number of ether oxygens (including phenoxy) is 1. The number of nitrogens with zero attached hydrogens (tertiary/aromatic N) is 2. The maximum Gasteiger partial charge on any atom is 0.323 e. The quantitative estimate of drug-likeness (QED) is 0.491. The van der Waals surface area contributed by atoms with Crippen molar-refractivity contribution in [2.45, 2.75) is 19.0 Å². The molecule has 1 aromatic carbocycles. The molecule has 0 bridgehead atoms. The van der Waals surface area contributed by atoms with E-state index in [1.54, 1.807) is 19.1 Å². The summed E-state index contributed by atoms with van der Waals surface area (Å²) < 4.78 is 4.99. The van der Waals surface area contributed by atoms with Crippen LogP contribution in [0, 0.1) is 0 Å². The summed E-state index contributed by atoms with van der Waals surface area (Å²) in [6.45, 7) is 1.94. The SMILES string of the molecule is CCOC(=O)C1C(=O)Nc2cc3c(cc21)NC(c1ncn[nH]1)N3. The van der Waals surface area contributed by atoms with Gasteiger partial charge in [0.05, 0.1) is 18.0 Å². The van der Waals surface area contributed by atoms with Crippen LogP contribution in [0.1, 0.15) is 30.4 Å². The van der Waals surface area contributed by atoms with Gasteiger partial charge in [-0.3, -0.25) is 14.7 Å². The second-order valence-corrected chi connectivity index (χ2v) is 5.25. The van der Waals surface area contributed by atoms with Gasteiger partial charge in [-0.05, 0) is 19.1 Å². The number of carbonyl (C=O) groups is 2. The molecule has 1 amide bonds. The summed E-state index contributed by atoms with van der Waals surface area (Å²) in [7, 11) is 0. The molecule has 9 nitrogen and oxygen atoms in total. The first-order valence-corrected chi connectivity index (χ1v) is 7.21. The Morgan fingerprint density at radius 3 is 2.74 bits per heavy atom. The number of H-pyrrole nitrogens is 1. The molecule has 0 fully saturated rings. The summed E-state index contributed by atoms with van der Waals surface area (Å²) in [5.74, 6) is -1.19. The number of hydrogen-bond donors (Lipinski definition) is 4. The zero-order valence-corrected chi connectivity index (χ0v) is 12.2. The Balaban J connectivity index is 1.66. The maximum absolute atomic E-state index is 12.1. The fourth-order valence-electron chi connectivity index (χ4n) is 2.85. The van der Waals surface area contributed by atoms with Crippen molar-refractivity contribution < 1.29 is 14.3 Å². The Bertz CT molecular complexity index is 788. The lowest BCUT2D eigenvalue weighted by atomic mass is 10.00. The first-order chi connectivity index (χ1) is 11.2. The summed E-state index contributed by atoms with van der Waals surface area (Å²) in [5, 5.41) is 15.8. The van der Waals surface area contributed by atoms with Gasteiger partial charge in [0.15, 0.2) is 17.9 Å². The topological polar surface area (TPSA) is 121 Å². The van der Waals surface area contributed by atoms with Crippen LogP contribution in [0.5, 0.6) is 0 Å². The Hall–Kier alpha value is -3.10. The van der Waals surface area contributed by atoms with Crippen LogP contribution in [0.25, 0.3) is 0 Å². The third-order valence-electron chi connectivity index (χ3n) is 3.85. The van der Waals surface area contributed by atoms with Crippen LogP contribution in [-0.2, 0) is 14.3 Å². The van der Waals surface area contributed by atoms with Gasteiger partial charge in [0.1, 0.15) is 6.33 Å². The lowest BCUT2D eigenvalue weighted by molar-refractivity contribution is -0.147. The molecule has 2 atom stereocenters. The van der Waals surface area contributed by atoms with Gasteiger partial charge in [-0.25, -0.2) is 4.98 Å². The van der Waals surface area contributed by atoms with Gasteiger partial charge in [-0.1, -0.05) is 0 Å². The number of rotatable bonds is 3. The lowest BCUT2D eigenvalue weighted by Gasteiger charge is -2.09. The fourth-order valence-corrected chi connectivity index (χ4v) is 2.85. The van der Waals surface area contributed by atoms with E-state index in [0.717, 1.165) is 11.4 Å². The molecule has 2 unspecified atom stereocenters. The maximum atomic E-state index is 12.1. The monoisotopic (exact) mass is 314 g/mol. The molecule has 1 aromatic heterocycles. The van der Waals surface area contributed by atoms with Crippen LogP contribution in [0.15, 0.2) is 18.5 Å². The van der Waals surface area contributed by atoms with E-state index >= 15 is 0 Å². The van der Waals surface area contributed by atoms with Crippen molar-refractivity contribution in [3.05, 3.63) is 29.8 Å². The molecular formula is C14H14N6O3. The highest BCUT2D eigenvalue weighted by atomic mass is 16.5. The number of hydrogen-bond acceptors (Lipinski definition) is 7. The van der Waals surface area contributed by atoms with Gasteiger partial charge >= 0.3 is 5.97 Å². The van der Waals surface area contributed by atoms with E-state index in [1.165, 1.54) is 6.33 Å². The van der Waals surface area contributed by atoms with Crippen LogP contribution in [0.2, 0.25) is 0 Å². The van der Waals surface area contributed by atoms with Crippen molar-refractivity contribution in [3.63, 3.8) is 0 Å². The number of aromatic amines is 1. The molecule has 0 saturated carbocycles. The van der Waals surface area contributed by atoms with E-state index < -0.39 is 11.9 Å². The minimum Gasteiger partial charge on any atom is -0.465 e. The number of amides is 1. The molecule has 4 rings (SSSR count). The first kappa shape index (κ1) is 13.6. The van der Waals surface area contributed by atoms with Crippen LogP contribution >= 0.6 is 0 Å². The van der Waals surface area contributed by atoms with Gasteiger partial charge in [-0.15, -0.1) is 0 Å². The number of aromatic nitrogens is 3. The Labute approximate surface area is 130 Å². The smallest absolute Gasteiger partial charge is 0.323 e. The Kier molecular flexibility index (Phi) is 2.93. The average molecular weight is 314 g/mol. The lowest BCUT2D eigenvalue weighted by Crippen LogP contribution is -2.23. The third kappa shape index (κ3) is 2.08. The summed E-state index contributed by atoms with van der Waals surface area (Å²) in [4.78, 5) is 28.2. The van der Waals surface area contributed by atoms with Crippen LogP contribution in [0.3, 0.4) is 0 Å². The van der Waals surface area contributed by atoms with Gasteiger partial charge in [0.25, 0.3) is 0 Å². The Morgan fingerprint density at radius 1 is 1.26 bits per heavy atom. The molecule has 2 aromatic rings. The summed E-state index contributed by atoms with van der Waals surface area (Å²) in [5.41, 5.74) is 2.82. The summed E-state index contributed by atoms with van der Waals surface area (Å²) in [6, 6.07) is 3.58. The van der Waals surface area contributed by atoms with Crippen LogP contribution in [0.4, 0.5) is 17.1 Å². The molecule has 0 aliphatic carbocycles. The Morgan fingerprint density at radius 2 is 2.04 bits per heavy atom. The standard InChI is InChI=1S/C14H14N6O3/c1-2-23-14(22)10-6-3-8-9(4-7(6)19-13(10)21)18-12(17-8)11-15-5-16-20-11/h3-5,10,12,17-18H,2H2,1H3,(H,19,21)(H,15,16,20). The molecule has 0 saturated heterocycles. The highest BCUT2D eigenvalue weighted by Crippen LogP contribution is 2.43. The first-order valence-electron chi connectivity index (χ1n) is 7.21. The van der Waals surface area contributed by atoms with E-state index in [4.69, 9.17) is 4.74 Å². The molecule has 118 valence electrons. The van der Waals surface area contributed by atoms with Crippen LogP contribution < -0.4 is 16.0 Å². The molecule has 9 heteroatoms. The van der Waals surface area contributed by atoms with Gasteiger partial charge < -0.3 is 20.7 Å². The van der Waals surface area contributed by atoms with E-state index in [0.29, 0.717) is 17.1 Å². The molecule has 0 radical (unpaired) electrons. The van der Waals surface area contributed by atoms with Crippen molar-refractivity contribution in [2.24, 2.45) is 0 Å². The molecule has 0 spiro atoms. The molecule has 4 N–H and O–H groups in total. The summed E-state index contributed by atoms with van der Waals surface area (Å²) in [6.07, 6.45) is 1.19. The molecular weight excluding hydrogens is 300 g/mol. The number of benzene rings is 1. The highest BCUT2D eigenvalue weighted by Gasteiger charge is 2.39. The predicted molar refractivity (Wildman–Crippen MR) is 80.8 cm³/mol. The van der Waals surface area contributed by atoms with E-state index in [9.17, 15) is 9.59 Å². The zero-order chi connectivity index (χ0) is 16.0. The van der Waals surface area contributed by atoms with Crippen molar-refractivity contribution in [2.75, 3.05) is 22.6 Å². The zero-order valence-electron chi connectivity index (χ0n) is 12.2. The minimum atomic E-state index is -0.929. The van der Waals surface area contributed by atoms with Crippen LogP contribution in [-0.4, -0.2) is 33.7 Å². The van der Waals surface area contributed by atoms with Crippen molar-refractivity contribution in [1.82, 2.24) is 15.2 Å². The summed E-state index contributed by atoms with van der Waals surface area (Å²) >= 11 is 0. The third-order valence-corrected chi connectivity index (χ3v) is 3.85. The fraction of sp³-hybridized carbons (Fsp3) is 0.286. The largest absolute Gasteiger partial charge is 0.465 e. The van der Waals surface area contributed by atoms with E-state index in [-0.39, 0.29) is 18.7 Å². The average Bonchev–Trinajstić information content (AvgIpc) is 3.21. The van der Waals surface area contributed by atoms with Gasteiger partial charge in [0.2, 0.25) is 5.91 Å². The van der Waals surface area contributed by atoms with Crippen molar-refractivity contribution in [3.8, 4) is 0 Å². The number of nitrogens with one attached hydrogen (secondary N) is 4.